The lowest BCUT2D eigenvalue weighted by molar-refractivity contribution is -0.136. The van der Waals surface area contributed by atoms with Gasteiger partial charge in [-0.3, -0.25) is 4.79 Å². The number of halogens is 1. The normalized spacial score (nSPS) is 11.8. The molecule has 0 bridgehead atoms. The van der Waals surface area contributed by atoms with Crippen LogP contribution in [0.15, 0.2) is 0 Å². The Morgan fingerprint density at radius 2 is 1.94 bits per heavy atom. The Bertz CT molecular complexity index is 181. The lowest BCUT2D eigenvalue weighted by Crippen LogP contribution is -2.41. The van der Waals surface area contributed by atoms with Crippen molar-refractivity contribution in [2.24, 2.45) is 5.73 Å². The third-order valence-electron chi connectivity index (χ3n) is 2.20. The average molecular weight is 255 g/mol. The molecule has 0 aromatic heterocycles. The van der Waals surface area contributed by atoms with Crippen LogP contribution in [0.4, 0.5) is 0 Å². The molecule has 0 saturated heterocycles. The number of ether oxygens (including phenoxy) is 2. The van der Waals surface area contributed by atoms with E-state index in [1.54, 1.807) is 11.9 Å². The summed E-state index contributed by atoms with van der Waals surface area (Å²) in [5.41, 5.74) is 5.45. The van der Waals surface area contributed by atoms with Gasteiger partial charge in [0.05, 0.1) is 13.2 Å². The van der Waals surface area contributed by atoms with Crippen molar-refractivity contribution in [3.05, 3.63) is 0 Å². The Morgan fingerprint density at radius 1 is 1.38 bits per heavy atom. The number of likely N-dealkylation sites (N-methyl/N-ethyl adjacent to an activating group) is 1. The van der Waals surface area contributed by atoms with Gasteiger partial charge in [0.2, 0.25) is 5.91 Å². The van der Waals surface area contributed by atoms with E-state index < -0.39 is 0 Å². The molecule has 0 heterocycles. The van der Waals surface area contributed by atoms with Gasteiger partial charge in [0.25, 0.3) is 0 Å². The monoisotopic (exact) mass is 254 g/mol. The summed E-state index contributed by atoms with van der Waals surface area (Å²) < 4.78 is 10.2. The Morgan fingerprint density at radius 3 is 2.44 bits per heavy atom. The molecule has 16 heavy (non-hydrogen) atoms. The average Bonchev–Trinajstić information content (AvgIpc) is 2.26. The highest BCUT2D eigenvalue weighted by atomic mass is 35.5. The van der Waals surface area contributed by atoms with Crippen molar-refractivity contribution in [2.45, 2.75) is 19.9 Å². The lowest BCUT2D eigenvalue weighted by atomic mass is 10.3. The standard InChI is InChI=1S/C10H22N2O3.ClH/c1-4-14-5-6-15-8-10(13)12(3)9(2)7-11;/h9H,4-8,11H2,1-3H3;1H. The first kappa shape index (κ1) is 18.0. The molecule has 0 aliphatic heterocycles. The van der Waals surface area contributed by atoms with Crippen molar-refractivity contribution in [3.8, 4) is 0 Å². The van der Waals surface area contributed by atoms with E-state index in [0.29, 0.717) is 26.4 Å². The van der Waals surface area contributed by atoms with Gasteiger partial charge in [-0.25, -0.2) is 0 Å². The quantitative estimate of drug-likeness (QED) is 0.632. The first-order valence-electron chi connectivity index (χ1n) is 5.24. The minimum atomic E-state index is -0.0514. The molecule has 98 valence electrons. The fourth-order valence-corrected chi connectivity index (χ4v) is 0.927. The van der Waals surface area contributed by atoms with Crippen LogP contribution in [0.25, 0.3) is 0 Å². The number of amides is 1. The first-order chi connectivity index (χ1) is 7.13. The molecular formula is C10H23ClN2O3. The smallest absolute Gasteiger partial charge is 0.248 e. The summed E-state index contributed by atoms with van der Waals surface area (Å²) in [6.45, 7) is 6.01. The number of carbonyl (C=O) groups is 1. The van der Waals surface area contributed by atoms with Crippen molar-refractivity contribution in [1.82, 2.24) is 4.90 Å². The van der Waals surface area contributed by atoms with Crippen molar-refractivity contribution in [1.29, 1.82) is 0 Å². The van der Waals surface area contributed by atoms with Crippen LogP contribution >= 0.6 is 12.4 Å². The van der Waals surface area contributed by atoms with Crippen molar-refractivity contribution in [2.75, 3.05) is 40.0 Å². The van der Waals surface area contributed by atoms with E-state index in [-0.39, 0.29) is 31.0 Å². The number of rotatable bonds is 8. The van der Waals surface area contributed by atoms with Gasteiger partial charge in [0, 0.05) is 26.2 Å². The molecule has 1 unspecified atom stereocenters. The summed E-state index contributed by atoms with van der Waals surface area (Å²) in [6, 6.07) is 0.0491. The predicted octanol–water partition coefficient (Wildman–Crippen LogP) is 0.267. The van der Waals surface area contributed by atoms with E-state index in [9.17, 15) is 4.79 Å². The van der Waals surface area contributed by atoms with Crippen LogP contribution < -0.4 is 5.73 Å². The van der Waals surface area contributed by atoms with Gasteiger partial charge in [-0.05, 0) is 13.8 Å². The maximum atomic E-state index is 11.5. The van der Waals surface area contributed by atoms with Gasteiger partial charge < -0.3 is 20.1 Å². The summed E-state index contributed by atoms with van der Waals surface area (Å²) in [5, 5.41) is 0. The second-order valence-electron chi connectivity index (χ2n) is 3.34. The molecule has 0 aromatic carbocycles. The Kier molecular flexibility index (Phi) is 12.5. The fourth-order valence-electron chi connectivity index (χ4n) is 0.927. The van der Waals surface area contributed by atoms with Gasteiger partial charge >= 0.3 is 0 Å². The highest BCUT2D eigenvalue weighted by molar-refractivity contribution is 5.85. The third-order valence-corrected chi connectivity index (χ3v) is 2.20. The van der Waals surface area contributed by atoms with Crippen molar-refractivity contribution in [3.63, 3.8) is 0 Å². The molecule has 1 amide bonds. The minimum Gasteiger partial charge on any atom is -0.379 e. The Balaban J connectivity index is 0. The van der Waals surface area contributed by atoms with E-state index >= 15 is 0 Å². The molecule has 1 atom stereocenters. The molecule has 0 aliphatic rings. The largest absolute Gasteiger partial charge is 0.379 e. The lowest BCUT2D eigenvalue weighted by Gasteiger charge is -2.23. The summed E-state index contributed by atoms with van der Waals surface area (Å²) in [6.07, 6.45) is 0. The van der Waals surface area contributed by atoms with Crippen LogP contribution in [0.1, 0.15) is 13.8 Å². The molecule has 6 heteroatoms. The fraction of sp³-hybridized carbons (Fsp3) is 0.900. The molecule has 0 saturated carbocycles. The molecule has 2 N–H and O–H groups in total. The molecule has 0 spiro atoms. The first-order valence-corrected chi connectivity index (χ1v) is 5.24. The number of nitrogens with two attached hydrogens (primary N) is 1. The third kappa shape index (κ3) is 7.87. The number of carbonyl (C=O) groups excluding carboxylic acids is 1. The van der Waals surface area contributed by atoms with Gasteiger partial charge in [0.15, 0.2) is 0 Å². The second-order valence-corrected chi connectivity index (χ2v) is 3.34. The summed E-state index contributed by atoms with van der Waals surface area (Å²) in [4.78, 5) is 13.1. The summed E-state index contributed by atoms with van der Waals surface area (Å²) >= 11 is 0. The second kappa shape index (κ2) is 11.1. The van der Waals surface area contributed by atoms with E-state index in [1.165, 1.54) is 0 Å². The van der Waals surface area contributed by atoms with E-state index in [2.05, 4.69) is 0 Å². The SMILES string of the molecule is CCOCCOCC(=O)N(C)C(C)CN.Cl. The molecule has 0 rings (SSSR count). The van der Waals surface area contributed by atoms with Crippen LogP contribution in [0.3, 0.4) is 0 Å². The summed E-state index contributed by atoms with van der Waals surface area (Å²) in [7, 11) is 1.73. The Hall–Kier alpha value is -0.360. The van der Waals surface area contributed by atoms with Crippen LogP contribution in [0.2, 0.25) is 0 Å². The molecule has 5 nitrogen and oxygen atoms in total. The van der Waals surface area contributed by atoms with Gasteiger partial charge in [-0.1, -0.05) is 0 Å². The van der Waals surface area contributed by atoms with E-state index in [0.717, 1.165) is 0 Å². The van der Waals surface area contributed by atoms with Crippen LogP contribution in [0, 0.1) is 0 Å². The van der Waals surface area contributed by atoms with E-state index in [4.69, 9.17) is 15.2 Å². The molecule has 0 fully saturated rings. The van der Waals surface area contributed by atoms with Gasteiger partial charge in [-0.15, -0.1) is 12.4 Å². The van der Waals surface area contributed by atoms with Gasteiger partial charge in [-0.2, -0.15) is 0 Å². The maximum absolute atomic E-state index is 11.5. The zero-order valence-corrected chi connectivity index (χ0v) is 11.1. The Labute approximate surface area is 104 Å². The van der Waals surface area contributed by atoms with Crippen LogP contribution in [-0.2, 0) is 14.3 Å². The molecular weight excluding hydrogens is 232 g/mol. The molecule has 0 radical (unpaired) electrons. The highest BCUT2D eigenvalue weighted by Gasteiger charge is 2.13. The predicted molar refractivity (Wildman–Crippen MR) is 65.8 cm³/mol. The van der Waals surface area contributed by atoms with Crippen LogP contribution in [0.5, 0.6) is 0 Å². The molecule has 0 aromatic rings. The maximum Gasteiger partial charge on any atom is 0.248 e. The van der Waals surface area contributed by atoms with Crippen molar-refractivity contribution >= 4 is 18.3 Å². The van der Waals surface area contributed by atoms with Crippen LogP contribution in [-0.4, -0.2) is 56.9 Å². The number of nitrogens with zero attached hydrogens (tertiary/aromatic N) is 1. The highest BCUT2D eigenvalue weighted by Crippen LogP contribution is 1.94. The molecule has 0 aliphatic carbocycles. The van der Waals surface area contributed by atoms with Gasteiger partial charge in [0.1, 0.15) is 6.61 Å². The topological polar surface area (TPSA) is 64.8 Å². The number of hydrogen-bond donors (Lipinski definition) is 1. The minimum absolute atomic E-state index is 0. The summed E-state index contributed by atoms with van der Waals surface area (Å²) in [5.74, 6) is -0.0514. The van der Waals surface area contributed by atoms with E-state index in [1.807, 2.05) is 13.8 Å². The number of hydrogen-bond acceptors (Lipinski definition) is 4. The zero-order chi connectivity index (χ0) is 11.7. The zero-order valence-electron chi connectivity index (χ0n) is 10.3. The van der Waals surface area contributed by atoms with Crippen molar-refractivity contribution < 1.29 is 14.3 Å².